The smallest absolute Gasteiger partial charge is 0.822 e. The largest absolute Gasteiger partial charge is 3.00 e. The Balaban J connectivity index is 0. The predicted octanol–water partition coefficient (Wildman–Crippen LogP) is -3.21. The van der Waals surface area contributed by atoms with Crippen LogP contribution in [0.15, 0.2) is 0 Å². The minimum absolute atomic E-state index is 0. The van der Waals surface area contributed by atoms with Crippen LogP contribution in [-0.2, 0) is 4.57 Å². The Bertz CT molecular complexity index is 53.7. The maximum Gasteiger partial charge on any atom is 3.00 e. The first-order valence-electron chi connectivity index (χ1n) is 0.730. The van der Waals surface area contributed by atoms with Crippen LogP contribution in [0.4, 0.5) is 0 Å². The topological polar surface area (TPSA) is 86.2 Å². The van der Waals surface area contributed by atoms with Crippen LogP contribution in [-0.4, -0.2) is 11.0 Å². The second-order valence-corrected chi connectivity index (χ2v) is 1.34. The van der Waals surface area contributed by atoms with E-state index >= 15 is 0 Å². The summed E-state index contributed by atoms with van der Waals surface area (Å²) in [5, 5.41) is 0. The van der Waals surface area contributed by atoms with Crippen molar-refractivity contribution in [3.8, 4) is 0 Å². The average molecular weight is 123 g/mol. The van der Waals surface area contributed by atoms with Crippen molar-refractivity contribution in [1.82, 2.24) is 0 Å². The molecule has 6 heavy (non-hydrogen) atoms. The number of phosphoric acid groups is 1. The van der Waals surface area contributed by atoms with Crippen LogP contribution in [0.3, 0.4) is 0 Å². The van der Waals surface area contributed by atoms with Crippen molar-refractivity contribution in [1.29, 1.82) is 0 Å². The molecule has 4 nitrogen and oxygen atoms in total. The Morgan fingerprint density at radius 3 is 1.17 bits per heavy atom. The van der Waals surface area contributed by atoms with Gasteiger partial charge in [0.2, 0.25) is 0 Å². The van der Waals surface area contributed by atoms with Crippen molar-refractivity contribution in [2.45, 2.75) is 0 Å². The van der Waals surface area contributed by atoms with E-state index in [0.717, 1.165) is 0 Å². The van der Waals surface area contributed by atoms with E-state index in [2.05, 4.69) is 0 Å². The van der Waals surface area contributed by atoms with E-state index in [1.807, 2.05) is 0 Å². The molecule has 0 aliphatic carbocycles. The minimum atomic E-state index is -5.39. The molecule has 0 atom stereocenters. The maximum atomic E-state index is 8.55. The van der Waals surface area contributed by atoms with Crippen LogP contribution in [0.25, 0.3) is 0 Å². The van der Waals surface area contributed by atoms with Gasteiger partial charge in [-0.25, -0.2) is 0 Å². The van der Waals surface area contributed by atoms with E-state index in [-0.39, 0.29) is 11.0 Å². The summed E-state index contributed by atoms with van der Waals surface area (Å²) < 4.78 is 8.55. The van der Waals surface area contributed by atoms with Crippen molar-refractivity contribution in [2.24, 2.45) is 0 Å². The van der Waals surface area contributed by atoms with Crippen LogP contribution in [0.1, 0.15) is 0 Å². The van der Waals surface area contributed by atoms with Gasteiger partial charge in [0.05, 0.1) is 0 Å². The van der Waals surface area contributed by atoms with Crippen LogP contribution in [0, 0.1) is 0 Å². The van der Waals surface area contributed by atoms with Gasteiger partial charge in [-0.05, 0) is 0 Å². The molecule has 1 radical (unpaired) electrons. The van der Waals surface area contributed by atoms with Crippen molar-refractivity contribution < 1.29 is 19.2 Å². The van der Waals surface area contributed by atoms with E-state index in [9.17, 15) is 0 Å². The van der Waals surface area contributed by atoms with Gasteiger partial charge in [-0.15, -0.1) is 0 Å². The number of hydrogen-bond donors (Lipinski definition) is 0. The van der Waals surface area contributed by atoms with Crippen molar-refractivity contribution in [3.05, 3.63) is 0 Å². The first-order chi connectivity index (χ1) is 2.00. The van der Waals surface area contributed by atoms with Crippen LogP contribution >= 0.6 is 7.82 Å². The standard InChI is InChI=1S/H3O4P.Si/c1-5(2,3)4;/h(H3,1,2,3,4);/q;+3/p-3. The van der Waals surface area contributed by atoms with Crippen LogP contribution in [0.5, 0.6) is 0 Å². The van der Waals surface area contributed by atoms with Gasteiger partial charge in [0.15, 0.2) is 0 Å². The molecule has 0 spiro atoms. The van der Waals surface area contributed by atoms with Gasteiger partial charge < -0.3 is 19.2 Å². The third-order valence-electron chi connectivity index (χ3n) is 0. The molecule has 0 aliphatic rings. The van der Waals surface area contributed by atoms with Crippen LogP contribution in [0.2, 0.25) is 0 Å². The SMILES string of the molecule is O=P([O-])([O-])[O-].[Si+3]. The van der Waals surface area contributed by atoms with Gasteiger partial charge >= 0.3 is 11.0 Å². The molecular formula is O4PSi. The molecule has 0 aromatic carbocycles. The van der Waals surface area contributed by atoms with Gasteiger partial charge in [-0.1, -0.05) is 0 Å². The Labute approximate surface area is 39.1 Å². The van der Waals surface area contributed by atoms with Crippen molar-refractivity contribution in [3.63, 3.8) is 0 Å². The fourth-order valence-electron chi connectivity index (χ4n) is 0. The molecule has 0 rings (SSSR count). The third-order valence-corrected chi connectivity index (χ3v) is 0. The Morgan fingerprint density at radius 2 is 1.17 bits per heavy atom. The molecule has 0 bridgehead atoms. The first kappa shape index (κ1) is 9.59. The van der Waals surface area contributed by atoms with Crippen molar-refractivity contribution in [2.75, 3.05) is 0 Å². The molecule has 0 aliphatic heterocycles. The van der Waals surface area contributed by atoms with Crippen LogP contribution < -0.4 is 14.7 Å². The quantitative estimate of drug-likeness (QED) is 0.250. The summed E-state index contributed by atoms with van der Waals surface area (Å²) in [7, 11) is -5.39. The fraction of sp³-hybridized carbons (Fsp3) is 0. The summed E-state index contributed by atoms with van der Waals surface area (Å²) in [6.45, 7) is 0. The number of rotatable bonds is 0. The normalized spacial score (nSPS) is 9.83. The number of hydrogen-bond acceptors (Lipinski definition) is 4. The molecule has 0 saturated carbocycles. The van der Waals surface area contributed by atoms with E-state index in [0.29, 0.717) is 0 Å². The van der Waals surface area contributed by atoms with E-state index in [1.54, 1.807) is 0 Å². The summed E-state index contributed by atoms with van der Waals surface area (Å²) in [4.78, 5) is 25.6. The molecule has 33 valence electrons. The molecule has 0 heterocycles. The zero-order valence-corrected chi connectivity index (χ0v) is 4.47. The monoisotopic (exact) mass is 123 g/mol. The molecule has 0 aromatic rings. The van der Waals surface area contributed by atoms with Crippen molar-refractivity contribution >= 4 is 18.8 Å². The molecule has 0 fully saturated rings. The summed E-state index contributed by atoms with van der Waals surface area (Å²) >= 11 is 0. The second kappa shape index (κ2) is 2.49. The first-order valence-corrected chi connectivity index (χ1v) is 2.19. The maximum absolute atomic E-state index is 8.55. The minimum Gasteiger partial charge on any atom is -0.822 e. The van der Waals surface area contributed by atoms with E-state index < -0.39 is 7.82 Å². The third kappa shape index (κ3) is 448. The molecule has 6 heteroatoms. The fourth-order valence-corrected chi connectivity index (χ4v) is 0. The molecule has 0 unspecified atom stereocenters. The molecule has 0 amide bonds. The molecular weight excluding hydrogens is 123 g/mol. The average Bonchev–Trinajstić information content (AvgIpc) is 0.722. The zero-order valence-electron chi connectivity index (χ0n) is 2.58. The summed E-state index contributed by atoms with van der Waals surface area (Å²) in [5.41, 5.74) is 0. The molecule has 0 saturated heterocycles. The van der Waals surface area contributed by atoms with E-state index in [1.165, 1.54) is 0 Å². The van der Waals surface area contributed by atoms with E-state index in [4.69, 9.17) is 19.2 Å². The van der Waals surface area contributed by atoms with Gasteiger partial charge in [0, 0.05) is 0 Å². The predicted molar refractivity (Wildman–Crippen MR) is 13.4 cm³/mol. The Morgan fingerprint density at radius 1 is 1.17 bits per heavy atom. The van der Waals surface area contributed by atoms with Gasteiger partial charge in [-0.2, -0.15) is 7.82 Å². The Hall–Kier alpha value is 0.327. The summed E-state index contributed by atoms with van der Waals surface area (Å²) in [6, 6.07) is 0. The van der Waals surface area contributed by atoms with Gasteiger partial charge in [0.1, 0.15) is 0 Å². The summed E-state index contributed by atoms with van der Waals surface area (Å²) in [6.07, 6.45) is 0. The molecule has 0 N–H and O–H groups in total. The summed E-state index contributed by atoms with van der Waals surface area (Å²) in [5.74, 6) is 0. The molecule has 0 aromatic heterocycles. The second-order valence-electron chi connectivity index (χ2n) is 0.447. The van der Waals surface area contributed by atoms with Gasteiger partial charge in [0.25, 0.3) is 0 Å². The van der Waals surface area contributed by atoms with Gasteiger partial charge in [-0.3, -0.25) is 0 Å². The zero-order chi connectivity index (χ0) is 4.50. The Kier molecular flexibility index (Phi) is 3.98.